The third-order valence-electron chi connectivity index (χ3n) is 2.79. The summed E-state index contributed by atoms with van der Waals surface area (Å²) in [5.74, 6) is -0.822. The summed E-state index contributed by atoms with van der Waals surface area (Å²) in [7, 11) is 0. The molecule has 0 saturated heterocycles. The lowest BCUT2D eigenvalue weighted by molar-refractivity contribution is -0.137. The highest BCUT2D eigenvalue weighted by molar-refractivity contribution is 9.10. The Morgan fingerprint density at radius 1 is 1.59 bits per heavy atom. The van der Waals surface area contributed by atoms with E-state index in [2.05, 4.69) is 26.2 Å². The smallest absolute Gasteiger partial charge is 0.305 e. The van der Waals surface area contributed by atoms with Gasteiger partial charge >= 0.3 is 5.97 Å². The van der Waals surface area contributed by atoms with E-state index in [-0.39, 0.29) is 18.4 Å². The number of amides is 1. The number of aromatic nitrogens is 1. The fourth-order valence-electron chi connectivity index (χ4n) is 1.77. The largest absolute Gasteiger partial charge is 0.481 e. The van der Waals surface area contributed by atoms with Crippen molar-refractivity contribution in [3.05, 3.63) is 22.4 Å². The lowest BCUT2D eigenvalue weighted by Crippen LogP contribution is -2.38. The number of H-pyrrole nitrogens is 1. The highest BCUT2D eigenvalue weighted by Gasteiger charge is 2.34. The standard InChI is InChI=1S/C11H13BrN2O3/c12-7-3-9(13-5-7)11(17)14-8(4-10(15)16)6-1-2-6/h3,5-6,8,13H,1-2,4H2,(H,14,17)(H,15,16). The predicted molar refractivity (Wildman–Crippen MR) is 64.7 cm³/mol. The second-order valence-electron chi connectivity index (χ2n) is 4.25. The van der Waals surface area contributed by atoms with Crippen LogP contribution in [0.4, 0.5) is 0 Å². The van der Waals surface area contributed by atoms with E-state index in [0.29, 0.717) is 11.6 Å². The van der Waals surface area contributed by atoms with E-state index in [1.807, 2.05) is 0 Å². The Kier molecular flexibility index (Phi) is 3.51. The summed E-state index contributed by atoms with van der Waals surface area (Å²) < 4.78 is 0.795. The molecule has 5 nitrogen and oxygen atoms in total. The first-order valence-corrected chi connectivity index (χ1v) is 6.22. The highest BCUT2D eigenvalue weighted by Crippen LogP contribution is 2.34. The normalized spacial score (nSPS) is 16.5. The fraction of sp³-hybridized carbons (Fsp3) is 0.455. The maximum Gasteiger partial charge on any atom is 0.305 e. The summed E-state index contributed by atoms with van der Waals surface area (Å²) in [6.45, 7) is 0. The van der Waals surface area contributed by atoms with Gasteiger partial charge in [0.1, 0.15) is 5.69 Å². The van der Waals surface area contributed by atoms with Crippen molar-refractivity contribution in [3.63, 3.8) is 0 Å². The van der Waals surface area contributed by atoms with Gasteiger partial charge in [0, 0.05) is 16.7 Å². The zero-order valence-corrected chi connectivity index (χ0v) is 10.7. The van der Waals surface area contributed by atoms with E-state index in [4.69, 9.17) is 5.11 Å². The third kappa shape index (κ3) is 3.33. The van der Waals surface area contributed by atoms with Gasteiger partial charge < -0.3 is 15.4 Å². The number of hydrogen-bond acceptors (Lipinski definition) is 2. The number of rotatable bonds is 5. The van der Waals surface area contributed by atoms with Crippen LogP contribution in [0.1, 0.15) is 29.8 Å². The first kappa shape index (κ1) is 12.2. The Morgan fingerprint density at radius 3 is 2.76 bits per heavy atom. The summed E-state index contributed by atoms with van der Waals surface area (Å²) in [6.07, 6.45) is 3.63. The van der Waals surface area contributed by atoms with Crippen molar-refractivity contribution in [2.24, 2.45) is 5.92 Å². The van der Waals surface area contributed by atoms with Crippen LogP contribution in [0.2, 0.25) is 0 Å². The molecular weight excluding hydrogens is 288 g/mol. The number of carbonyl (C=O) groups excluding carboxylic acids is 1. The molecule has 2 rings (SSSR count). The maximum atomic E-state index is 11.8. The Morgan fingerprint density at radius 2 is 2.29 bits per heavy atom. The average molecular weight is 301 g/mol. The van der Waals surface area contributed by atoms with Crippen molar-refractivity contribution in [1.82, 2.24) is 10.3 Å². The minimum absolute atomic E-state index is 0.0156. The average Bonchev–Trinajstić information content (AvgIpc) is 2.99. The second kappa shape index (κ2) is 4.91. The van der Waals surface area contributed by atoms with Crippen LogP contribution in [0.25, 0.3) is 0 Å². The van der Waals surface area contributed by atoms with Crippen LogP contribution in [0, 0.1) is 5.92 Å². The molecule has 3 N–H and O–H groups in total. The summed E-state index contributed by atoms with van der Waals surface area (Å²) in [4.78, 5) is 25.3. The molecular formula is C11H13BrN2O3. The second-order valence-corrected chi connectivity index (χ2v) is 5.16. The van der Waals surface area contributed by atoms with Gasteiger partial charge in [0.25, 0.3) is 5.91 Å². The predicted octanol–water partition coefficient (Wildman–Crippen LogP) is 1.76. The van der Waals surface area contributed by atoms with Crippen LogP contribution in [0.5, 0.6) is 0 Å². The third-order valence-corrected chi connectivity index (χ3v) is 3.25. The van der Waals surface area contributed by atoms with E-state index in [1.54, 1.807) is 12.3 Å². The molecule has 1 fully saturated rings. The molecule has 92 valence electrons. The highest BCUT2D eigenvalue weighted by atomic mass is 79.9. The molecule has 1 aliphatic rings. The van der Waals surface area contributed by atoms with E-state index in [1.165, 1.54) is 0 Å². The van der Waals surface area contributed by atoms with Crippen molar-refractivity contribution in [2.75, 3.05) is 0 Å². The number of nitrogens with one attached hydrogen (secondary N) is 2. The zero-order valence-electron chi connectivity index (χ0n) is 9.07. The minimum Gasteiger partial charge on any atom is -0.481 e. The van der Waals surface area contributed by atoms with Gasteiger partial charge in [-0.1, -0.05) is 0 Å². The molecule has 0 aliphatic heterocycles. The summed E-state index contributed by atoms with van der Waals surface area (Å²) >= 11 is 3.24. The van der Waals surface area contributed by atoms with E-state index in [9.17, 15) is 9.59 Å². The lowest BCUT2D eigenvalue weighted by atomic mass is 10.1. The zero-order chi connectivity index (χ0) is 12.4. The van der Waals surface area contributed by atoms with Crippen LogP contribution in [-0.2, 0) is 4.79 Å². The number of halogens is 1. The monoisotopic (exact) mass is 300 g/mol. The molecule has 1 aromatic rings. The van der Waals surface area contributed by atoms with Crippen molar-refractivity contribution < 1.29 is 14.7 Å². The quantitative estimate of drug-likeness (QED) is 0.775. The molecule has 1 atom stereocenters. The number of hydrogen-bond donors (Lipinski definition) is 3. The Hall–Kier alpha value is -1.30. The number of carboxylic acids is 1. The molecule has 1 unspecified atom stereocenters. The van der Waals surface area contributed by atoms with Crippen LogP contribution in [-0.4, -0.2) is 28.0 Å². The molecule has 1 saturated carbocycles. The van der Waals surface area contributed by atoms with Crippen molar-refractivity contribution in [2.45, 2.75) is 25.3 Å². The van der Waals surface area contributed by atoms with E-state index in [0.717, 1.165) is 17.3 Å². The summed E-state index contributed by atoms with van der Waals surface area (Å²) in [6, 6.07) is 1.40. The number of aliphatic carboxylic acids is 1. The molecule has 17 heavy (non-hydrogen) atoms. The van der Waals surface area contributed by atoms with Gasteiger partial charge in [-0.2, -0.15) is 0 Å². The summed E-state index contributed by atoms with van der Waals surface area (Å²) in [5.41, 5.74) is 0.438. The maximum absolute atomic E-state index is 11.8. The van der Waals surface area contributed by atoms with Crippen LogP contribution in [0.3, 0.4) is 0 Å². The van der Waals surface area contributed by atoms with Crippen LogP contribution >= 0.6 is 15.9 Å². The molecule has 1 amide bonds. The van der Waals surface area contributed by atoms with Crippen molar-refractivity contribution in [3.8, 4) is 0 Å². The Labute approximate surface area is 107 Å². The first-order chi connectivity index (χ1) is 8.06. The van der Waals surface area contributed by atoms with Crippen molar-refractivity contribution >= 4 is 27.8 Å². The number of carbonyl (C=O) groups is 2. The van der Waals surface area contributed by atoms with Gasteiger partial charge in [-0.3, -0.25) is 9.59 Å². The minimum atomic E-state index is -0.880. The number of aromatic amines is 1. The van der Waals surface area contributed by atoms with Crippen LogP contribution in [0.15, 0.2) is 16.7 Å². The van der Waals surface area contributed by atoms with Gasteiger partial charge in [-0.15, -0.1) is 0 Å². The number of carboxylic acid groups (broad SMARTS) is 1. The Balaban J connectivity index is 1.97. The van der Waals surface area contributed by atoms with Gasteiger partial charge in [-0.25, -0.2) is 0 Å². The Bertz CT molecular complexity index is 440. The molecule has 0 spiro atoms. The van der Waals surface area contributed by atoms with Gasteiger partial charge in [-0.05, 0) is 40.8 Å². The molecule has 0 radical (unpaired) electrons. The summed E-state index contributed by atoms with van der Waals surface area (Å²) in [5, 5.41) is 11.5. The molecule has 0 aromatic carbocycles. The molecule has 1 heterocycles. The van der Waals surface area contributed by atoms with Crippen LogP contribution < -0.4 is 5.32 Å². The van der Waals surface area contributed by atoms with E-state index >= 15 is 0 Å². The topological polar surface area (TPSA) is 82.2 Å². The molecule has 6 heteroatoms. The molecule has 0 bridgehead atoms. The lowest BCUT2D eigenvalue weighted by Gasteiger charge is -2.15. The van der Waals surface area contributed by atoms with Gasteiger partial charge in [0.15, 0.2) is 0 Å². The SMILES string of the molecule is O=C(O)CC(NC(=O)c1cc(Br)c[nH]1)C1CC1. The first-order valence-electron chi connectivity index (χ1n) is 5.43. The molecule has 1 aliphatic carbocycles. The molecule has 1 aromatic heterocycles. The van der Waals surface area contributed by atoms with Gasteiger partial charge in [0.05, 0.1) is 6.42 Å². The fourth-order valence-corrected chi connectivity index (χ4v) is 2.11. The van der Waals surface area contributed by atoms with Crippen molar-refractivity contribution in [1.29, 1.82) is 0 Å². The van der Waals surface area contributed by atoms with E-state index < -0.39 is 5.97 Å². The van der Waals surface area contributed by atoms with Gasteiger partial charge in [0.2, 0.25) is 0 Å².